The smallest absolute Gasteiger partial charge is 0.253 e. The second-order valence-electron chi connectivity index (χ2n) is 5.83. The van der Waals surface area contributed by atoms with Gasteiger partial charge in [0.25, 0.3) is 0 Å². The van der Waals surface area contributed by atoms with E-state index in [1.54, 1.807) is 0 Å². The van der Waals surface area contributed by atoms with Crippen LogP contribution in [-0.2, 0) is 0 Å². The first-order chi connectivity index (χ1) is 16.1. The lowest BCUT2D eigenvalue weighted by Gasteiger charge is -2.28. The van der Waals surface area contributed by atoms with E-state index in [0.717, 1.165) is 5.53 Å². The summed E-state index contributed by atoms with van der Waals surface area (Å²) in [6.07, 6.45) is -6.68. The van der Waals surface area contributed by atoms with Crippen molar-refractivity contribution in [2.45, 2.75) is 30.6 Å². The van der Waals surface area contributed by atoms with Gasteiger partial charge in [-0.2, -0.15) is 5.01 Å². The number of hydrazine groups is 2. The number of nitro groups is 7. The Bertz CT molecular complexity index is 1050. The van der Waals surface area contributed by atoms with Crippen molar-refractivity contribution in [2.24, 2.45) is 15.1 Å². The van der Waals surface area contributed by atoms with Crippen LogP contribution in [0.3, 0.4) is 0 Å². The molecule has 0 amide bonds. The number of hydrogen-bond acceptors (Lipinski definition) is 18. The maximum Gasteiger partial charge on any atom is 0.707 e. The van der Waals surface area contributed by atoms with Gasteiger partial charge in [0.05, 0.1) is 0 Å². The lowest BCUT2D eigenvalue weighted by molar-refractivity contribution is -0.971. The Morgan fingerprint density at radius 1 is 0.857 bits per heavy atom. The van der Waals surface area contributed by atoms with Gasteiger partial charge in [-0.25, -0.2) is 20.1 Å². The van der Waals surface area contributed by atoms with Crippen LogP contribution in [0, 0.1) is 70.8 Å². The number of guanidine groups is 1. The van der Waals surface area contributed by atoms with Crippen molar-refractivity contribution in [1.82, 2.24) is 10.5 Å². The Hall–Kier alpha value is -5.95. The van der Waals surface area contributed by atoms with Crippen molar-refractivity contribution in [2.75, 3.05) is 0 Å². The van der Waals surface area contributed by atoms with Crippen LogP contribution in [0.1, 0.15) is 12.8 Å². The summed E-state index contributed by atoms with van der Waals surface area (Å²) >= 11 is 0. The Morgan fingerprint density at radius 2 is 1.29 bits per heavy atom. The lowest BCUT2D eigenvalue weighted by Crippen LogP contribution is -2.61. The average Bonchev–Trinajstić information content (AvgIpc) is 2.70. The summed E-state index contributed by atoms with van der Waals surface area (Å²) in [6, 6.07) is 0. The quantitative estimate of drug-likeness (QED) is 0.0750. The van der Waals surface area contributed by atoms with Gasteiger partial charge in [0.1, 0.15) is 0 Å². The number of azide groups is 1. The Balaban J connectivity index is 3.87. The van der Waals surface area contributed by atoms with Crippen LogP contribution in [0.25, 0.3) is 10.4 Å². The molecular formula is C7H6N14O14. The van der Waals surface area contributed by atoms with Crippen molar-refractivity contribution in [3.63, 3.8) is 0 Å². The molecular weight excluding hydrogens is 504 g/mol. The van der Waals surface area contributed by atoms with Gasteiger partial charge in [-0.1, -0.05) is 0 Å². The summed E-state index contributed by atoms with van der Waals surface area (Å²) < 4.78 is 0. The van der Waals surface area contributed by atoms with Gasteiger partial charge in [0, 0.05) is 4.91 Å². The molecule has 35 heavy (non-hydrogen) atoms. The number of hydrogen-bond donors (Lipinski definition) is 1. The lowest BCUT2D eigenvalue weighted by atomic mass is 10.1. The van der Waals surface area contributed by atoms with E-state index in [-0.39, 0.29) is 5.01 Å². The fraction of sp³-hybridized carbons (Fsp3) is 0.714. The summed E-state index contributed by atoms with van der Waals surface area (Å²) in [6.45, 7) is 0. The third kappa shape index (κ3) is 4.79. The zero-order chi connectivity index (χ0) is 27.3. The molecule has 0 aliphatic carbocycles. The zero-order valence-corrected chi connectivity index (χ0v) is 16.0. The minimum atomic E-state index is -4.39. The second kappa shape index (κ2) is 9.68. The van der Waals surface area contributed by atoms with Gasteiger partial charge < -0.3 is 0 Å². The van der Waals surface area contributed by atoms with Gasteiger partial charge in [-0.05, 0) is 16.2 Å². The molecule has 0 aromatic carbocycles. The molecule has 28 heteroatoms. The highest BCUT2D eigenvalue weighted by Crippen LogP contribution is 2.27. The number of nitrogens with one attached hydrogen (secondary N) is 1. The first-order valence-electron chi connectivity index (χ1n) is 7.85. The Labute approximate surface area is 185 Å². The summed E-state index contributed by atoms with van der Waals surface area (Å²) in [5.74, 6) is -11.5. The maximum absolute atomic E-state index is 11.2. The van der Waals surface area contributed by atoms with Gasteiger partial charge >= 0.3 is 11.6 Å². The summed E-state index contributed by atoms with van der Waals surface area (Å²) in [7, 11) is 0. The van der Waals surface area contributed by atoms with Gasteiger partial charge in [0.2, 0.25) is 18.8 Å². The van der Waals surface area contributed by atoms with Crippen LogP contribution in [0.2, 0.25) is 0 Å². The predicted octanol–water partition coefficient (Wildman–Crippen LogP) is -1.86. The van der Waals surface area contributed by atoms with E-state index in [2.05, 4.69) is 20.0 Å². The highest BCUT2D eigenvalue weighted by Gasteiger charge is 2.73. The average molecular weight is 510 g/mol. The van der Waals surface area contributed by atoms with E-state index in [1.165, 1.54) is 0 Å². The molecule has 1 N–H and O–H groups in total. The first kappa shape index (κ1) is 27.1. The molecule has 0 bridgehead atoms. The predicted molar refractivity (Wildman–Crippen MR) is 96.4 cm³/mol. The molecule has 0 saturated carbocycles. The summed E-state index contributed by atoms with van der Waals surface area (Å²) in [4.78, 5) is 74.2. The fourth-order valence-electron chi connectivity index (χ4n) is 2.37. The molecule has 0 aromatic rings. The van der Waals surface area contributed by atoms with Crippen molar-refractivity contribution < 1.29 is 34.6 Å². The summed E-state index contributed by atoms with van der Waals surface area (Å²) in [5.41, 5.74) is 9.74. The van der Waals surface area contributed by atoms with E-state index in [1.807, 2.05) is 0 Å². The van der Waals surface area contributed by atoms with Crippen molar-refractivity contribution >= 4 is 11.8 Å². The van der Waals surface area contributed by atoms with E-state index < -0.39 is 76.9 Å². The van der Waals surface area contributed by atoms with Crippen LogP contribution in [0.5, 0.6) is 0 Å². The minimum absolute atomic E-state index is 0.194. The Morgan fingerprint density at radius 3 is 1.63 bits per heavy atom. The van der Waals surface area contributed by atoms with Crippen LogP contribution >= 0.6 is 0 Å². The van der Waals surface area contributed by atoms with E-state index in [9.17, 15) is 70.8 Å². The van der Waals surface area contributed by atoms with Crippen LogP contribution in [-0.4, -0.2) is 69.1 Å². The molecule has 1 rings (SSSR count). The normalized spacial score (nSPS) is 15.5. The van der Waals surface area contributed by atoms with Gasteiger partial charge in [-0.3, -0.25) is 60.7 Å². The third-order valence-corrected chi connectivity index (χ3v) is 3.97. The molecule has 0 spiro atoms. The standard InChI is InChI=1S/C7H6N14O14/c8-12-11-5-10-3(1-6(15(22)23,16(24)25)17(26)27)9-4(14(5)13-21(34)35)2-7(18(28)29,19(30)31)20(32)33/h4,13H,1-2H2. The SMILES string of the molecule is [N-]=[N+]=NC1=NC(CC([N+](=O)[O-])([N+](=O)[O-])[N+](=O)[O-])=NC(CC([N+](=O)[O-])([N+](=O)[O-])[N+](=O)[O-])N1N[N+](=O)[O-]. The summed E-state index contributed by atoms with van der Waals surface area (Å²) in [5, 5.41) is 78.9. The molecule has 1 heterocycles. The highest BCUT2D eigenvalue weighted by molar-refractivity contribution is 5.98. The molecule has 1 atom stereocenters. The molecule has 0 aromatic heterocycles. The Kier molecular flexibility index (Phi) is 7.49. The molecule has 0 saturated heterocycles. The number of rotatable bonds is 12. The van der Waals surface area contributed by atoms with Crippen molar-refractivity contribution in [1.29, 1.82) is 0 Å². The number of aliphatic imine (C=N–C) groups is 2. The van der Waals surface area contributed by atoms with Crippen LogP contribution < -0.4 is 5.53 Å². The maximum atomic E-state index is 11.2. The molecule has 0 fully saturated rings. The monoisotopic (exact) mass is 510 g/mol. The minimum Gasteiger partial charge on any atom is -0.253 e. The zero-order valence-electron chi connectivity index (χ0n) is 16.0. The molecule has 1 aliphatic heterocycles. The van der Waals surface area contributed by atoms with E-state index in [0.29, 0.717) is 0 Å². The number of amidine groups is 1. The molecule has 188 valence electrons. The topological polar surface area (TPSA) is 391 Å². The van der Waals surface area contributed by atoms with Crippen molar-refractivity contribution in [3.8, 4) is 0 Å². The highest BCUT2D eigenvalue weighted by atomic mass is 16.7. The van der Waals surface area contributed by atoms with Crippen LogP contribution in [0.4, 0.5) is 0 Å². The van der Waals surface area contributed by atoms with Crippen LogP contribution in [0.15, 0.2) is 15.1 Å². The van der Waals surface area contributed by atoms with Crippen molar-refractivity contribution in [3.05, 3.63) is 81.2 Å². The molecule has 1 unspecified atom stereocenters. The molecule has 28 nitrogen and oxygen atoms in total. The first-order valence-corrected chi connectivity index (χ1v) is 7.85. The largest absolute Gasteiger partial charge is 0.707 e. The molecule has 1 aliphatic rings. The number of nitrogens with zero attached hydrogens (tertiary/aromatic N) is 13. The third-order valence-electron chi connectivity index (χ3n) is 3.97. The van der Waals surface area contributed by atoms with E-state index >= 15 is 0 Å². The van der Waals surface area contributed by atoms with Gasteiger partial charge in [0.15, 0.2) is 46.6 Å². The molecule has 0 radical (unpaired) electrons. The van der Waals surface area contributed by atoms with Gasteiger partial charge in [-0.15, -0.1) is 0 Å². The second-order valence-corrected chi connectivity index (χ2v) is 5.83. The van der Waals surface area contributed by atoms with E-state index in [4.69, 9.17) is 5.53 Å². The fourth-order valence-corrected chi connectivity index (χ4v) is 2.37.